The van der Waals surface area contributed by atoms with Crippen LogP contribution in [0, 0.1) is 26.7 Å². The first-order valence-corrected chi connectivity index (χ1v) is 10.3. The lowest BCUT2D eigenvalue weighted by Gasteiger charge is -2.33. The molecule has 27 heavy (non-hydrogen) atoms. The number of carbonyl (C=O) groups excluding carboxylic acids is 1. The Balaban J connectivity index is 1.37. The largest absolute Gasteiger partial charge is 0.342 e. The van der Waals surface area contributed by atoms with Gasteiger partial charge in [-0.15, -0.1) is 0 Å². The highest BCUT2D eigenvalue weighted by Gasteiger charge is 2.29. The van der Waals surface area contributed by atoms with Crippen LogP contribution in [0.5, 0.6) is 0 Å². The van der Waals surface area contributed by atoms with Crippen molar-refractivity contribution in [2.75, 3.05) is 13.1 Å². The summed E-state index contributed by atoms with van der Waals surface area (Å²) in [6, 6.07) is 0. The first kappa shape index (κ1) is 18.3. The number of likely N-dealkylation sites (tertiary alicyclic amines) is 1. The van der Waals surface area contributed by atoms with Crippen LogP contribution >= 0.6 is 0 Å². The van der Waals surface area contributed by atoms with Gasteiger partial charge in [0, 0.05) is 56.6 Å². The zero-order chi connectivity index (χ0) is 19.0. The van der Waals surface area contributed by atoms with Crippen molar-refractivity contribution in [3.63, 3.8) is 0 Å². The van der Waals surface area contributed by atoms with Gasteiger partial charge in [-0.3, -0.25) is 9.48 Å². The van der Waals surface area contributed by atoms with Gasteiger partial charge in [0.2, 0.25) is 5.91 Å². The number of imidazole rings is 1. The number of amides is 1. The van der Waals surface area contributed by atoms with Gasteiger partial charge in [-0.05, 0) is 57.9 Å². The van der Waals surface area contributed by atoms with E-state index < -0.39 is 0 Å². The number of hydrogen-bond donors (Lipinski definition) is 0. The SMILES string of the molecule is Cc1nn(CCC(=O)N2CCCC(c3nccn3CC3CC3)C2)c(C)c1C. The zero-order valence-corrected chi connectivity index (χ0v) is 16.8. The fourth-order valence-corrected chi connectivity index (χ4v) is 4.19. The molecule has 1 amide bonds. The van der Waals surface area contributed by atoms with Gasteiger partial charge in [0.1, 0.15) is 5.82 Å². The Labute approximate surface area is 161 Å². The average Bonchev–Trinajstić information content (AvgIpc) is 3.31. The smallest absolute Gasteiger partial charge is 0.224 e. The molecule has 6 nitrogen and oxygen atoms in total. The molecular formula is C21H31N5O. The molecule has 1 atom stereocenters. The molecule has 2 aromatic heterocycles. The van der Waals surface area contributed by atoms with Gasteiger partial charge in [-0.1, -0.05) is 0 Å². The molecule has 1 aliphatic heterocycles. The van der Waals surface area contributed by atoms with Gasteiger partial charge in [-0.25, -0.2) is 4.98 Å². The van der Waals surface area contributed by atoms with Crippen LogP contribution in [-0.2, 0) is 17.9 Å². The number of aryl methyl sites for hydroxylation is 2. The van der Waals surface area contributed by atoms with E-state index in [1.54, 1.807) is 0 Å². The van der Waals surface area contributed by atoms with Gasteiger partial charge in [0.25, 0.3) is 0 Å². The fraction of sp³-hybridized carbons (Fsp3) is 0.667. The summed E-state index contributed by atoms with van der Waals surface area (Å²) in [7, 11) is 0. The lowest BCUT2D eigenvalue weighted by molar-refractivity contribution is -0.132. The topological polar surface area (TPSA) is 56.0 Å². The van der Waals surface area contributed by atoms with Crippen molar-refractivity contribution in [3.8, 4) is 0 Å². The molecule has 3 heterocycles. The maximum absolute atomic E-state index is 12.8. The first-order valence-electron chi connectivity index (χ1n) is 10.3. The molecule has 146 valence electrons. The van der Waals surface area contributed by atoms with Gasteiger partial charge >= 0.3 is 0 Å². The van der Waals surface area contributed by atoms with E-state index in [0.717, 1.165) is 44.1 Å². The van der Waals surface area contributed by atoms with E-state index in [2.05, 4.69) is 34.7 Å². The molecule has 0 aromatic carbocycles. The van der Waals surface area contributed by atoms with E-state index >= 15 is 0 Å². The van der Waals surface area contributed by atoms with Crippen molar-refractivity contribution < 1.29 is 4.79 Å². The Morgan fingerprint density at radius 3 is 2.74 bits per heavy atom. The van der Waals surface area contributed by atoms with Crippen molar-refractivity contribution in [3.05, 3.63) is 35.2 Å². The standard InChI is InChI=1S/C21H31N5O/c1-15-16(2)23-26(17(15)3)11-8-20(27)24-10-4-5-19(14-24)21-22-9-12-25(21)13-18-6-7-18/h9,12,18-19H,4-8,10-11,13-14H2,1-3H3. The normalized spacial score (nSPS) is 20.3. The number of hydrogen-bond acceptors (Lipinski definition) is 3. The van der Waals surface area contributed by atoms with E-state index in [1.807, 2.05) is 22.7 Å². The van der Waals surface area contributed by atoms with Crippen molar-refractivity contribution in [1.29, 1.82) is 0 Å². The summed E-state index contributed by atoms with van der Waals surface area (Å²) in [6.07, 6.45) is 9.43. The Morgan fingerprint density at radius 2 is 2.04 bits per heavy atom. The second kappa shape index (κ2) is 7.49. The van der Waals surface area contributed by atoms with Crippen LogP contribution in [0.25, 0.3) is 0 Å². The van der Waals surface area contributed by atoms with E-state index in [9.17, 15) is 4.79 Å². The minimum absolute atomic E-state index is 0.241. The van der Waals surface area contributed by atoms with Gasteiger partial charge in [0.05, 0.1) is 5.69 Å². The molecule has 0 N–H and O–H groups in total. The predicted octanol–water partition coefficient (Wildman–Crippen LogP) is 3.21. The molecule has 2 aromatic rings. The molecule has 2 fully saturated rings. The molecule has 4 rings (SSSR count). The first-order chi connectivity index (χ1) is 13.0. The highest BCUT2D eigenvalue weighted by molar-refractivity contribution is 5.76. The number of aromatic nitrogens is 4. The third kappa shape index (κ3) is 3.94. The van der Waals surface area contributed by atoms with Gasteiger partial charge < -0.3 is 9.47 Å². The van der Waals surface area contributed by atoms with E-state index in [4.69, 9.17) is 0 Å². The molecule has 0 radical (unpaired) electrons. The Hall–Kier alpha value is -2.11. The highest BCUT2D eigenvalue weighted by Crippen LogP contribution is 2.33. The second-order valence-electron chi connectivity index (χ2n) is 8.33. The summed E-state index contributed by atoms with van der Waals surface area (Å²) >= 11 is 0. The van der Waals surface area contributed by atoms with Crippen LogP contribution in [0.1, 0.15) is 60.8 Å². The Bertz CT molecular complexity index is 817. The van der Waals surface area contributed by atoms with Crippen LogP contribution in [0.3, 0.4) is 0 Å². The number of carbonyl (C=O) groups is 1. The monoisotopic (exact) mass is 369 g/mol. The molecule has 0 bridgehead atoms. The summed E-state index contributed by atoms with van der Waals surface area (Å²) in [6.45, 7) is 9.63. The quantitative estimate of drug-likeness (QED) is 0.786. The molecule has 1 saturated carbocycles. The molecule has 0 spiro atoms. The minimum Gasteiger partial charge on any atom is -0.342 e. The van der Waals surface area contributed by atoms with Crippen molar-refractivity contribution >= 4 is 5.91 Å². The highest BCUT2D eigenvalue weighted by atomic mass is 16.2. The molecular weight excluding hydrogens is 338 g/mol. The van der Waals surface area contributed by atoms with Crippen LogP contribution in [0.15, 0.2) is 12.4 Å². The van der Waals surface area contributed by atoms with Crippen molar-refractivity contribution in [1.82, 2.24) is 24.2 Å². The third-order valence-corrected chi connectivity index (χ3v) is 6.32. The number of rotatable bonds is 6. The number of piperidine rings is 1. The number of nitrogens with zero attached hydrogens (tertiary/aromatic N) is 5. The van der Waals surface area contributed by atoms with Gasteiger partial charge in [-0.2, -0.15) is 5.10 Å². The summed E-state index contributed by atoms with van der Waals surface area (Å²) in [5.41, 5.74) is 3.45. The van der Waals surface area contributed by atoms with E-state index in [1.165, 1.54) is 29.9 Å². The van der Waals surface area contributed by atoms with Crippen LogP contribution < -0.4 is 0 Å². The van der Waals surface area contributed by atoms with Crippen LogP contribution in [0.4, 0.5) is 0 Å². The maximum atomic E-state index is 12.8. The zero-order valence-electron chi connectivity index (χ0n) is 16.8. The summed E-state index contributed by atoms with van der Waals surface area (Å²) in [5, 5.41) is 4.56. The molecule has 1 saturated heterocycles. The Morgan fingerprint density at radius 1 is 1.22 bits per heavy atom. The predicted molar refractivity (Wildman–Crippen MR) is 105 cm³/mol. The third-order valence-electron chi connectivity index (χ3n) is 6.32. The van der Waals surface area contributed by atoms with Gasteiger partial charge in [0.15, 0.2) is 0 Å². The average molecular weight is 370 g/mol. The molecule has 1 aliphatic carbocycles. The van der Waals surface area contributed by atoms with E-state index in [0.29, 0.717) is 18.9 Å². The second-order valence-corrected chi connectivity index (χ2v) is 8.33. The van der Waals surface area contributed by atoms with Crippen LogP contribution in [-0.4, -0.2) is 43.2 Å². The van der Waals surface area contributed by atoms with E-state index in [-0.39, 0.29) is 5.91 Å². The lowest BCUT2D eigenvalue weighted by atomic mass is 9.96. The van der Waals surface area contributed by atoms with Crippen LogP contribution in [0.2, 0.25) is 0 Å². The summed E-state index contributed by atoms with van der Waals surface area (Å²) < 4.78 is 4.31. The molecule has 2 aliphatic rings. The lowest BCUT2D eigenvalue weighted by Crippen LogP contribution is -2.40. The Kier molecular flexibility index (Phi) is 5.06. The molecule has 6 heteroatoms. The van der Waals surface area contributed by atoms with Crippen molar-refractivity contribution in [2.24, 2.45) is 5.92 Å². The fourth-order valence-electron chi connectivity index (χ4n) is 4.19. The summed E-state index contributed by atoms with van der Waals surface area (Å²) in [4.78, 5) is 19.5. The maximum Gasteiger partial charge on any atom is 0.224 e. The summed E-state index contributed by atoms with van der Waals surface area (Å²) in [5.74, 6) is 2.62. The van der Waals surface area contributed by atoms with Crippen molar-refractivity contribution in [2.45, 2.75) is 71.9 Å². The molecule has 1 unspecified atom stereocenters. The minimum atomic E-state index is 0.241.